The van der Waals surface area contributed by atoms with Crippen molar-refractivity contribution in [2.24, 2.45) is 11.8 Å². The summed E-state index contributed by atoms with van der Waals surface area (Å²) in [5, 5.41) is 17.6. The summed E-state index contributed by atoms with van der Waals surface area (Å²) in [6, 6.07) is 5.69. The molecular weight excluding hydrogens is 367 g/mol. The van der Waals surface area contributed by atoms with Crippen molar-refractivity contribution in [3.8, 4) is 5.69 Å². The van der Waals surface area contributed by atoms with Gasteiger partial charge in [0.15, 0.2) is 5.69 Å². The minimum Gasteiger partial charge on any atom is -0.481 e. The first-order valence-corrected chi connectivity index (χ1v) is 9.35. The summed E-state index contributed by atoms with van der Waals surface area (Å²) < 4.78 is 18.7. The Labute approximate surface area is 160 Å². The Morgan fingerprint density at radius 1 is 1.14 bits per heavy atom. The fourth-order valence-electron chi connectivity index (χ4n) is 3.99. The highest BCUT2D eigenvalue weighted by molar-refractivity contribution is 5.92. The molecule has 2 aliphatic rings. The number of piperidine rings is 1. The van der Waals surface area contributed by atoms with Crippen LogP contribution in [0.15, 0.2) is 30.5 Å². The predicted octanol–water partition coefficient (Wildman–Crippen LogP) is 1.75. The van der Waals surface area contributed by atoms with Gasteiger partial charge in [0.1, 0.15) is 5.82 Å². The zero-order chi connectivity index (χ0) is 19.7. The predicted molar refractivity (Wildman–Crippen MR) is 95.4 cm³/mol. The second-order valence-electron chi connectivity index (χ2n) is 7.19. The van der Waals surface area contributed by atoms with E-state index in [4.69, 9.17) is 4.74 Å². The van der Waals surface area contributed by atoms with Crippen molar-refractivity contribution in [3.63, 3.8) is 0 Å². The lowest BCUT2D eigenvalue weighted by atomic mass is 9.84. The molecule has 0 spiro atoms. The Balaban J connectivity index is 1.38. The number of benzene rings is 1. The summed E-state index contributed by atoms with van der Waals surface area (Å²) in [5.41, 5.74) is 0.792. The average Bonchev–Trinajstić information content (AvgIpc) is 3.38. The molecule has 1 N–H and O–H groups in total. The minimum atomic E-state index is -0.807. The van der Waals surface area contributed by atoms with Gasteiger partial charge in [-0.05, 0) is 49.4 Å². The highest BCUT2D eigenvalue weighted by Crippen LogP contribution is 2.33. The molecule has 3 heterocycles. The number of aromatic nitrogens is 3. The molecule has 0 bridgehead atoms. The molecule has 2 atom stereocenters. The summed E-state index contributed by atoms with van der Waals surface area (Å²) >= 11 is 0. The van der Waals surface area contributed by atoms with Gasteiger partial charge in [0.05, 0.1) is 23.9 Å². The highest BCUT2D eigenvalue weighted by Gasteiger charge is 2.41. The lowest BCUT2D eigenvalue weighted by molar-refractivity contribution is -0.145. The number of carbonyl (C=O) groups excluding carboxylic acids is 1. The summed E-state index contributed by atoms with van der Waals surface area (Å²) in [6.45, 7) is 1.53. The largest absolute Gasteiger partial charge is 0.481 e. The molecule has 4 rings (SSSR count). The number of carboxylic acid groups (broad SMARTS) is 1. The smallest absolute Gasteiger partial charge is 0.309 e. The van der Waals surface area contributed by atoms with Crippen LogP contribution in [-0.4, -0.2) is 62.7 Å². The van der Waals surface area contributed by atoms with Gasteiger partial charge in [0.25, 0.3) is 5.91 Å². The quantitative estimate of drug-likeness (QED) is 0.857. The molecule has 2 fully saturated rings. The van der Waals surface area contributed by atoms with E-state index in [1.165, 1.54) is 35.3 Å². The number of halogens is 1. The second-order valence-corrected chi connectivity index (χ2v) is 7.19. The molecule has 2 aromatic rings. The van der Waals surface area contributed by atoms with E-state index in [1.807, 2.05) is 0 Å². The van der Waals surface area contributed by atoms with Crippen molar-refractivity contribution >= 4 is 11.9 Å². The van der Waals surface area contributed by atoms with Crippen molar-refractivity contribution < 1.29 is 23.8 Å². The van der Waals surface area contributed by atoms with E-state index in [-0.39, 0.29) is 29.4 Å². The van der Waals surface area contributed by atoms with E-state index < -0.39 is 11.9 Å². The van der Waals surface area contributed by atoms with Crippen molar-refractivity contribution in [1.29, 1.82) is 0 Å². The Bertz CT molecular complexity index is 861. The van der Waals surface area contributed by atoms with Crippen molar-refractivity contribution in [1.82, 2.24) is 19.9 Å². The SMILES string of the molecule is O=C(O)C1CCO[C@H]1C1CCN(C(=O)c2cnn(-c3ccc(F)cc3)n2)CC1. The molecule has 0 saturated carbocycles. The van der Waals surface area contributed by atoms with E-state index in [1.54, 1.807) is 4.90 Å². The van der Waals surface area contributed by atoms with E-state index >= 15 is 0 Å². The van der Waals surface area contributed by atoms with Gasteiger partial charge >= 0.3 is 5.97 Å². The third-order valence-electron chi connectivity index (χ3n) is 5.51. The minimum absolute atomic E-state index is 0.141. The van der Waals surface area contributed by atoms with Crippen LogP contribution in [0.4, 0.5) is 4.39 Å². The Hall–Kier alpha value is -2.81. The van der Waals surface area contributed by atoms with Crippen LogP contribution in [0.25, 0.3) is 5.69 Å². The van der Waals surface area contributed by atoms with Crippen LogP contribution in [0.1, 0.15) is 29.8 Å². The third kappa shape index (κ3) is 3.62. The lowest BCUT2D eigenvalue weighted by Crippen LogP contribution is -2.43. The number of carboxylic acids is 1. The summed E-state index contributed by atoms with van der Waals surface area (Å²) in [7, 11) is 0. The number of ether oxygens (including phenoxy) is 1. The van der Waals surface area contributed by atoms with Crippen molar-refractivity contribution in [3.05, 3.63) is 42.0 Å². The third-order valence-corrected chi connectivity index (χ3v) is 5.51. The maximum atomic E-state index is 13.0. The van der Waals surface area contributed by atoms with Gasteiger partial charge in [-0.15, -0.1) is 5.10 Å². The van der Waals surface area contributed by atoms with Gasteiger partial charge in [0, 0.05) is 19.7 Å². The Morgan fingerprint density at radius 2 is 1.86 bits per heavy atom. The second kappa shape index (κ2) is 7.67. The topological polar surface area (TPSA) is 97.5 Å². The van der Waals surface area contributed by atoms with Crippen LogP contribution in [0.3, 0.4) is 0 Å². The maximum absolute atomic E-state index is 13.0. The summed E-state index contributed by atoms with van der Waals surface area (Å²) in [5.74, 6) is -1.69. The standard InChI is InChI=1S/C19H21FN4O4/c20-13-1-3-14(4-2-13)24-21-11-16(22-24)18(25)23-8-5-12(6-9-23)17-15(19(26)27)7-10-28-17/h1-4,11-12,15,17H,5-10H2,(H,26,27)/t15?,17-/m0/s1. The number of aliphatic carboxylic acids is 1. The van der Waals surface area contributed by atoms with Crippen LogP contribution < -0.4 is 0 Å². The van der Waals surface area contributed by atoms with Crippen LogP contribution in [0, 0.1) is 17.7 Å². The zero-order valence-electron chi connectivity index (χ0n) is 15.2. The number of hydrogen-bond acceptors (Lipinski definition) is 5. The Morgan fingerprint density at radius 3 is 2.54 bits per heavy atom. The van der Waals surface area contributed by atoms with E-state index in [0.29, 0.717) is 44.6 Å². The molecule has 1 amide bonds. The van der Waals surface area contributed by atoms with Gasteiger partial charge in [0.2, 0.25) is 0 Å². The summed E-state index contributed by atoms with van der Waals surface area (Å²) in [4.78, 5) is 27.1. The number of rotatable bonds is 4. The van der Waals surface area contributed by atoms with Gasteiger partial charge in [-0.3, -0.25) is 9.59 Å². The fourth-order valence-corrected chi connectivity index (χ4v) is 3.99. The van der Waals surface area contributed by atoms with E-state index in [0.717, 1.165) is 0 Å². The average molecular weight is 388 g/mol. The molecule has 0 radical (unpaired) electrons. The van der Waals surface area contributed by atoms with Gasteiger partial charge in [-0.1, -0.05) is 0 Å². The monoisotopic (exact) mass is 388 g/mol. The molecule has 1 unspecified atom stereocenters. The molecule has 1 aromatic heterocycles. The number of nitrogens with zero attached hydrogens (tertiary/aromatic N) is 4. The van der Waals surface area contributed by atoms with Gasteiger partial charge in [-0.25, -0.2) is 4.39 Å². The molecule has 2 saturated heterocycles. The van der Waals surface area contributed by atoms with Crippen LogP contribution >= 0.6 is 0 Å². The van der Waals surface area contributed by atoms with Gasteiger partial charge in [-0.2, -0.15) is 9.90 Å². The number of likely N-dealkylation sites (tertiary alicyclic amines) is 1. The zero-order valence-corrected chi connectivity index (χ0v) is 15.2. The lowest BCUT2D eigenvalue weighted by Gasteiger charge is -2.35. The molecule has 28 heavy (non-hydrogen) atoms. The maximum Gasteiger partial charge on any atom is 0.309 e. The normalized spacial score (nSPS) is 23.1. The molecule has 8 nitrogen and oxygen atoms in total. The molecule has 9 heteroatoms. The van der Waals surface area contributed by atoms with Crippen LogP contribution in [0.2, 0.25) is 0 Å². The number of hydrogen-bond donors (Lipinski definition) is 1. The van der Waals surface area contributed by atoms with E-state index in [2.05, 4.69) is 10.2 Å². The number of carbonyl (C=O) groups is 2. The van der Waals surface area contributed by atoms with E-state index in [9.17, 15) is 19.1 Å². The highest BCUT2D eigenvalue weighted by atomic mass is 19.1. The van der Waals surface area contributed by atoms with Crippen molar-refractivity contribution in [2.75, 3.05) is 19.7 Å². The van der Waals surface area contributed by atoms with Crippen molar-refractivity contribution in [2.45, 2.75) is 25.4 Å². The molecule has 1 aromatic carbocycles. The molecule has 148 valence electrons. The molecular formula is C19H21FN4O4. The van der Waals surface area contributed by atoms with Crippen LogP contribution in [0.5, 0.6) is 0 Å². The first kappa shape index (κ1) is 18.5. The van der Waals surface area contributed by atoms with Crippen LogP contribution in [-0.2, 0) is 9.53 Å². The van der Waals surface area contributed by atoms with Gasteiger partial charge < -0.3 is 14.7 Å². The Kier molecular flexibility index (Phi) is 5.08. The molecule has 2 aliphatic heterocycles. The first-order chi connectivity index (χ1) is 13.5. The number of amides is 1. The molecule has 0 aliphatic carbocycles. The summed E-state index contributed by atoms with van der Waals surface area (Å²) in [6.07, 6.45) is 3.08. The fraction of sp³-hybridized carbons (Fsp3) is 0.474. The first-order valence-electron chi connectivity index (χ1n) is 9.35.